The molecule has 0 spiro atoms. The third kappa shape index (κ3) is 2.30. The Morgan fingerprint density at radius 1 is 1.42 bits per heavy atom. The summed E-state index contributed by atoms with van der Waals surface area (Å²) in [6, 6.07) is 9.08. The standard InChI is InChI=1S/C8H9ClO2S/c9-6-8(12(10)11)7-4-2-1-3-5-7/h1-5,8H,6H2,(H,10,11). The van der Waals surface area contributed by atoms with Gasteiger partial charge in [0.05, 0.1) is 5.25 Å². The van der Waals surface area contributed by atoms with Gasteiger partial charge < -0.3 is 4.55 Å². The molecule has 0 aliphatic carbocycles. The van der Waals surface area contributed by atoms with Gasteiger partial charge in [0.25, 0.3) is 0 Å². The van der Waals surface area contributed by atoms with Crippen molar-refractivity contribution >= 4 is 22.7 Å². The first-order valence-electron chi connectivity index (χ1n) is 3.46. The third-order valence-electron chi connectivity index (χ3n) is 1.55. The Morgan fingerprint density at radius 3 is 2.42 bits per heavy atom. The Bertz CT molecular complexity index is 263. The van der Waals surface area contributed by atoms with Gasteiger partial charge in [0.2, 0.25) is 0 Å². The number of halogens is 1. The zero-order chi connectivity index (χ0) is 8.97. The largest absolute Gasteiger partial charge is 0.306 e. The van der Waals surface area contributed by atoms with Crippen LogP contribution in [0.3, 0.4) is 0 Å². The normalized spacial score (nSPS) is 15.5. The Morgan fingerprint density at radius 2 is 2.00 bits per heavy atom. The molecule has 2 unspecified atom stereocenters. The molecule has 1 aromatic rings. The number of benzene rings is 1. The Kier molecular flexibility index (Phi) is 3.72. The van der Waals surface area contributed by atoms with Gasteiger partial charge in [0, 0.05) is 5.88 Å². The molecule has 1 rings (SSSR count). The summed E-state index contributed by atoms with van der Waals surface area (Å²) in [5, 5.41) is -0.479. The first-order valence-corrected chi connectivity index (χ1v) is 5.16. The Labute approximate surface area is 78.8 Å². The van der Waals surface area contributed by atoms with E-state index >= 15 is 0 Å². The molecular weight excluding hydrogens is 196 g/mol. The summed E-state index contributed by atoms with van der Waals surface area (Å²) in [5.41, 5.74) is 0.799. The van der Waals surface area contributed by atoms with E-state index in [1.54, 1.807) is 12.1 Å². The van der Waals surface area contributed by atoms with Crippen LogP contribution < -0.4 is 0 Å². The van der Waals surface area contributed by atoms with Gasteiger partial charge in [-0.2, -0.15) is 0 Å². The summed E-state index contributed by atoms with van der Waals surface area (Å²) < 4.78 is 19.6. The molecular formula is C8H9ClO2S. The topological polar surface area (TPSA) is 37.3 Å². The lowest BCUT2D eigenvalue weighted by atomic mass is 10.2. The van der Waals surface area contributed by atoms with E-state index in [2.05, 4.69) is 0 Å². The summed E-state index contributed by atoms with van der Waals surface area (Å²) >= 11 is 3.66. The SMILES string of the molecule is O=S(O)C(CCl)c1ccccc1. The van der Waals surface area contributed by atoms with Gasteiger partial charge in [-0.3, -0.25) is 0 Å². The van der Waals surface area contributed by atoms with Gasteiger partial charge in [0.1, 0.15) is 0 Å². The molecule has 2 nitrogen and oxygen atoms in total. The first kappa shape index (κ1) is 9.71. The maximum absolute atomic E-state index is 10.8. The van der Waals surface area contributed by atoms with Crippen molar-refractivity contribution in [1.82, 2.24) is 0 Å². The van der Waals surface area contributed by atoms with Crippen molar-refractivity contribution in [1.29, 1.82) is 0 Å². The summed E-state index contributed by atoms with van der Waals surface area (Å²) in [6.45, 7) is 0. The van der Waals surface area contributed by atoms with Gasteiger partial charge >= 0.3 is 0 Å². The van der Waals surface area contributed by atoms with Crippen molar-refractivity contribution in [3.8, 4) is 0 Å². The van der Waals surface area contributed by atoms with Crippen LogP contribution in [0.15, 0.2) is 30.3 Å². The maximum Gasteiger partial charge on any atom is 0.161 e. The van der Waals surface area contributed by atoms with Crippen molar-refractivity contribution < 1.29 is 8.76 Å². The minimum absolute atomic E-state index is 0.160. The highest BCUT2D eigenvalue weighted by Gasteiger charge is 2.15. The van der Waals surface area contributed by atoms with Crippen LogP contribution in [-0.4, -0.2) is 14.6 Å². The lowest BCUT2D eigenvalue weighted by Gasteiger charge is -2.08. The van der Waals surface area contributed by atoms with Crippen LogP contribution in [0.25, 0.3) is 0 Å². The summed E-state index contributed by atoms with van der Waals surface area (Å²) in [4.78, 5) is 0. The van der Waals surface area contributed by atoms with Crippen LogP contribution in [0, 0.1) is 0 Å². The second kappa shape index (κ2) is 4.60. The number of rotatable bonds is 3. The molecule has 0 amide bonds. The van der Waals surface area contributed by atoms with E-state index in [1.165, 1.54) is 0 Å². The van der Waals surface area contributed by atoms with Crippen molar-refractivity contribution in [3.63, 3.8) is 0 Å². The Hall–Kier alpha value is -0.380. The second-order valence-electron chi connectivity index (χ2n) is 2.33. The van der Waals surface area contributed by atoms with E-state index < -0.39 is 16.3 Å². The summed E-state index contributed by atoms with van der Waals surface area (Å²) in [7, 11) is 0. The Balaban J connectivity index is 2.88. The van der Waals surface area contributed by atoms with Gasteiger partial charge in [-0.05, 0) is 5.56 Å². The number of hydrogen-bond donors (Lipinski definition) is 1. The van der Waals surface area contributed by atoms with Crippen LogP contribution in [0.5, 0.6) is 0 Å². The monoisotopic (exact) mass is 204 g/mol. The lowest BCUT2D eigenvalue weighted by molar-refractivity contribution is 0.554. The number of hydrogen-bond acceptors (Lipinski definition) is 1. The van der Waals surface area contributed by atoms with Gasteiger partial charge in [0.15, 0.2) is 11.1 Å². The fourth-order valence-electron chi connectivity index (χ4n) is 0.927. The average molecular weight is 205 g/mol. The van der Waals surface area contributed by atoms with Crippen molar-refractivity contribution in [2.45, 2.75) is 5.25 Å². The predicted molar refractivity (Wildman–Crippen MR) is 50.7 cm³/mol. The predicted octanol–water partition coefficient (Wildman–Crippen LogP) is 2.19. The van der Waals surface area contributed by atoms with E-state index in [9.17, 15) is 4.21 Å². The quantitative estimate of drug-likeness (QED) is 0.606. The van der Waals surface area contributed by atoms with Gasteiger partial charge in [-0.25, -0.2) is 4.21 Å². The molecule has 0 heterocycles. The van der Waals surface area contributed by atoms with E-state index in [4.69, 9.17) is 16.2 Å². The smallest absolute Gasteiger partial charge is 0.161 e. The molecule has 0 saturated carbocycles. The molecule has 0 aliphatic heterocycles. The zero-order valence-electron chi connectivity index (χ0n) is 6.31. The van der Waals surface area contributed by atoms with Crippen LogP contribution in [0.1, 0.15) is 10.8 Å². The fourth-order valence-corrected chi connectivity index (χ4v) is 1.93. The minimum atomic E-state index is -1.89. The molecule has 1 aromatic carbocycles. The lowest BCUT2D eigenvalue weighted by Crippen LogP contribution is -2.06. The van der Waals surface area contributed by atoms with E-state index in [-0.39, 0.29) is 5.88 Å². The maximum atomic E-state index is 10.8. The van der Waals surface area contributed by atoms with Crippen molar-refractivity contribution in [3.05, 3.63) is 35.9 Å². The van der Waals surface area contributed by atoms with Crippen LogP contribution in [0.4, 0.5) is 0 Å². The second-order valence-corrected chi connectivity index (χ2v) is 3.76. The van der Waals surface area contributed by atoms with Gasteiger partial charge in [-0.1, -0.05) is 30.3 Å². The summed E-state index contributed by atoms with van der Waals surface area (Å²) in [6.07, 6.45) is 0. The van der Waals surface area contributed by atoms with Gasteiger partial charge in [-0.15, -0.1) is 11.6 Å². The molecule has 2 atom stereocenters. The van der Waals surface area contributed by atoms with Crippen molar-refractivity contribution in [2.75, 3.05) is 5.88 Å². The minimum Gasteiger partial charge on any atom is -0.306 e. The molecule has 1 N–H and O–H groups in total. The molecule has 66 valence electrons. The molecule has 0 saturated heterocycles. The van der Waals surface area contributed by atoms with Crippen LogP contribution in [0.2, 0.25) is 0 Å². The molecule has 12 heavy (non-hydrogen) atoms. The van der Waals surface area contributed by atoms with E-state index in [1.807, 2.05) is 18.2 Å². The highest BCUT2D eigenvalue weighted by atomic mass is 35.5. The van der Waals surface area contributed by atoms with Crippen LogP contribution in [-0.2, 0) is 11.1 Å². The molecule has 0 aromatic heterocycles. The highest BCUT2D eigenvalue weighted by molar-refractivity contribution is 7.79. The molecule has 0 fully saturated rings. The van der Waals surface area contributed by atoms with E-state index in [0.29, 0.717) is 0 Å². The molecule has 4 heteroatoms. The molecule has 0 aliphatic rings. The fraction of sp³-hybridized carbons (Fsp3) is 0.250. The van der Waals surface area contributed by atoms with E-state index in [0.717, 1.165) is 5.56 Å². The zero-order valence-corrected chi connectivity index (χ0v) is 7.89. The summed E-state index contributed by atoms with van der Waals surface area (Å²) in [5.74, 6) is 0.160. The molecule has 0 bridgehead atoms. The first-order chi connectivity index (χ1) is 5.75. The third-order valence-corrected chi connectivity index (χ3v) is 2.97. The number of alkyl halides is 1. The van der Waals surface area contributed by atoms with Crippen molar-refractivity contribution in [2.24, 2.45) is 0 Å². The molecule has 0 radical (unpaired) electrons. The highest BCUT2D eigenvalue weighted by Crippen LogP contribution is 2.19. The van der Waals surface area contributed by atoms with Crippen LogP contribution >= 0.6 is 11.6 Å². The average Bonchev–Trinajstić information content (AvgIpc) is 2.07.